The molecule has 0 radical (unpaired) electrons. The van der Waals surface area contributed by atoms with E-state index < -0.39 is 6.09 Å². The van der Waals surface area contributed by atoms with Crippen LogP contribution in [-0.2, 0) is 9.53 Å². The van der Waals surface area contributed by atoms with Gasteiger partial charge in [-0.05, 0) is 0 Å². The number of ether oxygens (including phenoxy) is 1. The van der Waals surface area contributed by atoms with Gasteiger partial charge in [0.25, 0.3) is 0 Å². The minimum absolute atomic E-state index is 0.104. The molecule has 1 aliphatic heterocycles. The maximum atomic E-state index is 10.7. The number of carbonyl (C=O) groups is 2. The minimum atomic E-state index is -0.474. The predicted molar refractivity (Wildman–Crippen MR) is 32.1 cm³/mol. The number of nitrogens with zero attached hydrogens (tertiary/aromatic N) is 1. The summed E-state index contributed by atoms with van der Waals surface area (Å²) in [6.07, 6.45) is -0.474. The highest BCUT2D eigenvalue weighted by Gasteiger charge is 2.23. The molecule has 1 aliphatic rings. The monoisotopic (exact) mass is 144 g/mol. The van der Waals surface area contributed by atoms with E-state index in [4.69, 9.17) is 0 Å². The lowest BCUT2D eigenvalue weighted by Gasteiger charge is -2.09. The van der Waals surface area contributed by atoms with Crippen LogP contribution in [0.1, 0.15) is 0 Å². The van der Waals surface area contributed by atoms with Crippen molar-refractivity contribution < 1.29 is 14.3 Å². The topological polar surface area (TPSA) is 58.6 Å². The van der Waals surface area contributed by atoms with Gasteiger partial charge in [0.1, 0.15) is 6.54 Å². The summed E-state index contributed by atoms with van der Waals surface area (Å²) in [6, 6.07) is 0. The Kier molecular flexibility index (Phi) is 1.75. The van der Waals surface area contributed by atoms with Crippen LogP contribution >= 0.6 is 0 Å². The molecule has 1 heterocycles. The Balaban J connectivity index is 2.44. The second-order valence-electron chi connectivity index (χ2n) is 1.93. The van der Waals surface area contributed by atoms with Crippen LogP contribution < -0.4 is 5.32 Å². The van der Waals surface area contributed by atoms with Crippen molar-refractivity contribution in [1.82, 2.24) is 10.2 Å². The summed E-state index contributed by atoms with van der Waals surface area (Å²) in [6.45, 7) is 0.359. The fourth-order valence-corrected chi connectivity index (χ4v) is 0.727. The van der Waals surface area contributed by atoms with Crippen LogP contribution in [0.4, 0.5) is 4.79 Å². The van der Waals surface area contributed by atoms with E-state index in [-0.39, 0.29) is 19.1 Å². The Hall–Kier alpha value is -1.26. The van der Waals surface area contributed by atoms with Gasteiger partial charge in [-0.1, -0.05) is 0 Å². The van der Waals surface area contributed by atoms with Gasteiger partial charge in [0.2, 0.25) is 5.91 Å². The SMILES string of the molecule is COC(=O)N1CNC(=O)C1. The fraction of sp³-hybridized carbons (Fsp3) is 0.600. The highest BCUT2D eigenvalue weighted by Crippen LogP contribution is 1.95. The Labute approximate surface area is 57.9 Å². The van der Waals surface area contributed by atoms with Gasteiger partial charge in [0, 0.05) is 0 Å². The lowest BCUT2D eigenvalue weighted by atomic mass is 10.6. The van der Waals surface area contributed by atoms with Crippen molar-refractivity contribution in [3.8, 4) is 0 Å². The highest BCUT2D eigenvalue weighted by molar-refractivity contribution is 5.85. The summed E-state index contributed by atoms with van der Waals surface area (Å²) < 4.78 is 4.38. The molecule has 0 atom stereocenters. The largest absolute Gasteiger partial charge is 0.453 e. The van der Waals surface area contributed by atoms with Crippen molar-refractivity contribution in [3.05, 3.63) is 0 Å². The van der Waals surface area contributed by atoms with Gasteiger partial charge in [0.15, 0.2) is 0 Å². The summed E-state index contributed by atoms with van der Waals surface area (Å²) >= 11 is 0. The first kappa shape index (κ1) is 6.85. The molecule has 0 aromatic rings. The van der Waals surface area contributed by atoms with E-state index in [2.05, 4.69) is 10.1 Å². The molecule has 5 heteroatoms. The lowest BCUT2D eigenvalue weighted by Crippen LogP contribution is -2.29. The first-order valence-corrected chi connectivity index (χ1v) is 2.83. The molecule has 2 amide bonds. The van der Waals surface area contributed by atoms with Gasteiger partial charge >= 0.3 is 6.09 Å². The second kappa shape index (κ2) is 2.55. The third kappa shape index (κ3) is 1.18. The molecule has 0 aliphatic carbocycles. The van der Waals surface area contributed by atoms with Crippen LogP contribution in [0, 0.1) is 0 Å². The average Bonchev–Trinajstić information content (AvgIpc) is 2.34. The standard InChI is InChI=1S/C5H8N2O3/c1-10-5(9)7-2-4(8)6-3-7/h2-3H2,1H3,(H,6,8). The summed E-state index contributed by atoms with van der Waals surface area (Å²) in [5.74, 6) is -0.148. The van der Waals surface area contributed by atoms with Crippen LogP contribution in [0.3, 0.4) is 0 Å². The minimum Gasteiger partial charge on any atom is -0.453 e. The number of nitrogens with one attached hydrogen (secondary N) is 1. The molecule has 0 aromatic carbocycles. The van der Waals surface area contributed by atoms with Crippen LogP contribution in [0.15, 0.2) is 0 Å². The van der Waals surface area contributed by atoms with E-state index in [0.717, 1.165) is 0 Å². The van der Waals surface area contributed by atoms with Crippen molar-refractivity contribution in [2.24, 2.45) is 0 Å². The number of carbonyl (C=O) groups excluding carboxylic acids is 2. The summed E-state index contributed by atoms with van der Waals surface area (Å²) in [7, 11) is 1.28. The molecular weight excluding hydrogens is 136 g/mol. The predicted octanol–water partition coefficient (Wildman–Crippen LogP) is -0.858. The van der Waals surface area contributed by atoms with E-state index in [1.807, 2.05) is 0 Å². The van der Waals surface area contributed by atoms with Gasteiger partial charge < -0.3 is 10.1 Å². The number of rotatable bonds is 0. The van der Waals surface area contributed by atoms with Crippen molar-refractivity contribution >= 4 is 12.0 Å². The highest BCUT2D eigenvalue weighted by atomic mass is 16.5. The third-order valence-corrected chi connectivity index (χ3v) is 1.23. The first-order valence-electron chi connectivity index (χ1n) is 2.83. The Morgan fingerprint density at radius 2 is 2.50 bits per heavy atom. The summed E-state index contributed by atoms with van der Waals surface area (Å²) in [5.41, 5.74) is 0. The number of amides is 2. The zero-order chi connectivity index (χ0) is 7.56. The maximum Gasteiger partial charge on any atom is 0.411 e. The first-order chi connectivity index (χ1) is 4.74. The Morgan fingerprint density at radius 3 is 2.90 bits per heavy atom. The summed E-state index contributed by atoms with van der Waals surface area (Å²) in [5, 5.41) is 2.47. The average molecular weight is 144 g/mol. The molecule has 56 valence electrons. The van der Waals surface area contributed by atoms with E-state index in [1.54, 1.807) is 0 Å². The lowest BCUT2D eigenvalue weighted by molar-refractivity contribution is -0.118. The molecule has 5 nitrogen and oxygen atoms in total. The molecule has 0 spiro atoms. The van der Waals surface area contributed by atoms with Crippen molar-refractivity contribution in [2.45, 2.75) is 0 Å². The van der Waals surface area contributed by atoms with Crippen LogP contribution in [0.2, 0.25) is 0 Å². The molecule has 10 heavy (non-hydrogen) atoms. The number of hydrogen-bond acceptors (Lipinski definition) is 3. The molecule has 1 fully saturated rings. The zero-order valence-corrected chi connectivity index (χ0v) is 5.59. The van der Waals surface area contributed by atoms with Gasteiger partial charge in [-0.25, -0.2) is 4.79 Å². The molecule has 0 saturated carbocycles. The van der Waals surface area contributed by atoms with E-state index in [9.17, 15) is 9.59 Å². The smallest absolute Gasteiger partial charge is 0.411 e. The molecule has 0 unspecified atom stereocenters. The third-order valence-electron chi connectivity index (χ3n) is 1.23. The van der Waals surface area contributed by atoms with Gasteiger partial charge in [-0.3, -0.25) is 9.69 Å². The van der Waals surface area contributed by atoms with Crippen molar-refractivity contribution in [3.63, 3.8) is 0 Å². The molecular formula is C5H8N2O3. The van der Waals surface area contributed by atoms with E-state index >= 15 is 0 Å². The van der Waals surface area contributed by atoms with Gasteiger partial charge in [0.05, 0.1) is 13.8 Å². The van der Waals surface area contributed by atoms with E-state index in [0.29, 0.717) is 0 Å². The van der Waals surface area contributed by atoms with Crippen LogP contribution in [0.5, 0.6) is 0 Å². The van der Waals surface area contributed by atoms with Crippen molar-refractivity contribution in [1.29, 1.82) is 0 Å². The van der Waals surface area contributed by atoms with Gasteiger partial charge in [-0.15, -0.1) is 0 Å². The molecule has 1 saturated heterocycles. The molecule has 1 rings (SSSR count). The van der Waals surface area contributed by atoms with Crippen LogP contribution in [0.25, 0.3) is 0 Å². The second-order valence-corrected chi connectivity index (χ2v) is 1.93. The zero-order valence-electron chi connectivity index (χ0n) is 5.59. The maximum absolute atomic E-state index is 10.7. The van der Waals surface area contributed by atoms with E-state index in [1.165, 1.54) is 12.0 Å². The quantitative estimate of drug-likeness (QED) is 0.481. The molecule has 0 aromatic heterocycles. The van der Waals surface area contributed by atoms with Crippen LogP contribution in [-0.4, -0.2) is 37.2 Å². The molecule has 0 bridgehead atoms. The number of hydrogen-bond donors (Lipinski definition) is 1. The Morgan fingerprint density at radius 1 is 1.80 bits per heavy atom. The number of methoxy groups -OCH3 is 1. The van der Waals surface area contributed by atoms with Crippen molar-refractivity contribution in [2.75, 3.05) is 20.3 Å². The molecule has 1 N–H and O–H groups in total. The Bertz CT molecular complexity index is 168. The van der Waals surface area contributed by atoms with Gasteiger partial charge in [-0.2, -0.15) is 0 Å². The normalized spacial score (nSPS) is 16.9. The fourth-order valence-electron chi connectivity index (χ4n) is 0.727. The summed E-state index contributed by atoms with van der Waals surface area (Å²) in [4.78, 5) is 22.5.